The number of nitrogens with zero attached hydrogens (tertiary/aromatic N) is 1. The van der Waals surface area contributed by atoms with E-state index in [-0.39, 0.29) is 6.04 Å². The van der Waals surface area contributed by atoms with Gasteiger partial charge in [-0.2, -0.15) is 0 Å². The summed E-state index contributed by atoms with van der Waals surface area (Å²) in [5.74, 6) is -1.10. The number of H-pyrrole nitrogens is 1. The van der Waals surface area contributed by atoms with E-state index < -0.39 is 11.6 Å². The Labute approximate surface area is 121 Å². The average molecular weight is 287 g/mol. The monoisotopic (exact) mass is 287 g/mol. The van der Waals surface area contributed by atoms with Gasteiger partial charge in [-0.3, -0.25) is 0 Å². The van der Waals surface area contributed by atoms with Gasteiger partial charge in [0.25, 0.3) is 0 Å². The topological polar surface area (TPSA) is 40.7 Å². The molecule has 2 N–H and O–H groups in total. The van der Waals surface area contributed by atoms with E-state index in [0.717, 1.165) is 22.7 Å². The summed E-state index contributed by atoms with van der Waals surface area (Å²) in [6.07, 6.45) is 3.62. The molecule has 2 aromatic heterocycles. The van der Waals surface area contributed by atoms with E-state index in [9.17, 15) is 8.78 Å². The van der Waals surface area contributed by atoms with Crippen LogP contribution >= 0.6 is 0 Å². The van der Waals surface area contributed by atoms with Crippen LogP contribution in [0.2, 0.25) is 0 Å². The average Bonchev–Trinajstić information content (AvgIpc) is 2.88. The number of aromatic nitrogens is 2. The third-order valence-corrected chi connectivity index (χ3v) is 3.56. The summed E-state index contributed by atoms with van der Waals surface area (Å²) in [7, 11) is 0. The third-order valence-electron chi connectivity index (χ3n) is 3.56. The largest absolute Gasteiger partial charge is 0.346 e. The summed E-state index contributed by atoms with van der Waals surface area (Å²) < 4.78 is 26.6. The molecule has 2 heterocycles. The predicted molar refractivity (Wildman–Crippen MR) is 77.7 cm³/mol. The molecule has 108 valence electrons. The Morgan fingerprint density at radius 2 is 2.14 bits per heavy atom. The van der Waals surface area contributed by atoms with Crippen molar-refractivity contribution in [3.05, 3.63) is 65.5 Å². The lowest BCUT2D eigenvalue weighted by atomic mass is 10.1. The standard InChI is InChI=1S/C16H15F2N3/c1-10(13-5-4-12(17)7-15(13)18)20-8-11-9-21-16-14(11)3-2-6-19-16/h2-7,9-10,20H,8H2,1H3,(H,19,21). The highest BCUT2D eigenvalue weighted by Crippen LogP contribution is 2.20. The maximum atomic E-state index is 13.7. The number of nitrogens with one attached hydrogen (secondary N) is 2. The zero-order valence-electron chi connectivity index (χ0n) is 11.5. The lowest BCUT2D eigenvalue weighted by molar-refractivity contribution is 0.518. The van der Waals surface area contributed by atoms with Crippen LogP contribution in [0.4, 0.5) is 8.78 Å². The highest BCUT2D eigenvalue weighted by Gasteiger charge is 2.12. The molecule has 0 fully saturated rings. The molecule has 1 unspecified atom stereocenters. The van der Waals surface area contributed by atoms with Crippen LogP contribution in [-0.4, -0.2) is 9.97 Å². The van der Waals surface area contributed by atoms with Crippen molar-refractivity contribution < 1.29 is 8.78 Å². The Hall–Kier alpha value is -2.27. The third kappa shape index (κ3) is 2.78. The number of hydrogen-bond acceptors (Lipinski definition) is 2. The number of pyridine rings is 1. The number of hydrogen-bond donors (Lipinski definition) is 2. The summed E-state index contributed by atoms with van der Waals surface area (Å²) in [6.45, 7) is 2.42. The van der Waals surface area contributed by atoms with E-state index >= 15 is 0 Å². The molecule has 3 rings (SSSR count). The van der Waals surface area contributed by atoms with E-state index in [1.165, 1.54) is 12.1 Å². The van der Waals surface area contributed by atoms with Gasteiger partial charge in [0.05, 0.1) is 0 Å². The van der Waals surface area contributed by atoms with Crippen LogP contribution in [0.5, 0.6) is 0 Å². The summed E-state index contributed by atoms with van der Waals surface area (Å²) in [6, 6.07) is 7.29. The molecule has 0 aliphatic carbocycles. The molecule has 21 heavy (non-hydrogen) atoms. The number of fused-ring (bicyclic) bond motifs is 1. The van der Waals surface area contributed by atoms with Crippen LogP contribution < -0.4 is 5.32 Å². The van der Waals surface area contributed by atoms with Gasteiger partial charge in [0, 0.05) is 42.0 Å². The van der Waals surface area contributed by atoms with Crippen LogP contribution in [0.1, 0.15) is 24.1 Å². The SMILES string of the molecule is CC(NCc1c[nH]c2ncccc12)c1ccc(F)cc1F. The molecule has 0 bridgehead atoms. The van der Waals surface area contributed by atoms with E-state index in [1.54, 1.807) is 6.20 Å². The number of aromatic amines is 1. The molecule has 1 aromatic carbocycles. The molecule has 0 aliphatic rings. The first-order valence-electron chi connectivity index (χ1n) is 6.74. The molecular formula is C16H15F2N3. The molecule has 3 aromatic rings. The first-order chi connectivity index (χ1) is 10.1. The fourth-order valence-corrected chi connectivity index (χ4v) is 2.38. The molecule has 0 amide bonds. The molecule has 1 atom stereocenters. The minimum atomic E-state index is -0.564. The number of benzene rings is 1. The highest BCUT2D eigenvalue weighted by molar-refractivity contribution is 5.79. The van der Waals surface area contributed by atoms with E-state index in [0.29, 0.717) is 12.1 Å². The van der Waals surface area contributed by atoms with Crippen molar-refractivity contribution in [1.29, 1.82) is 0 Å². The molecule has 0 aliphatic heterocycles. The number of rotatable bonds is 4. The quantitative estimate of drug-likeness (QED) is 0.768. The Kier molecular flexibility index (Phi) is 3.66. The van der Waals surface area contributed by atoms with Crippen LogP contribution in [0, 0.1) is 11.6 Å². The maximum Gasteiger partial charge on any atom is 0.137 e. The first-order valence-corrected chi connectivity index (χ1v) is 6.74. The lowest BCUT2D eigenvalue weighted by Gasteiger charge is -2.14. The highest BCUT2D eigenvalue weighted by atomic mass is 19.1. The molecule has 0 saturated carbocycles. The maximum absolute atomic E-state index is 13.7. The van der Waals surface area contributed by atoms with Gasteiger partial charge in [0.1, 0.15) is 17.3 Å². The molecule has 5 heteroatoms. The van der Waals surface area contributed by atoms with Crippen LogP contribution in [0.3, 0.4) is 0 Å². The van der Waals surface area contributed by atoms with Crippen molar-refractivity contribution in [2.45, 2.75) is 19.5 Å². The van der Waals surface area contributed by atoms with Gasteiger partial charge in [0.2, 0.25) is 0 Å². The van der Waals surface area contributed by atoms with Gasteiger partial charge in [-0.25, -0.2) is 13.8 Å². The molecular weight excluding hydrogens is 272 g/mol. The summed E-state index contributed by atoms with van der Waals surface area (Å²) in [5, 5.41) is 4.28. The van der Waals surface area contributed by atoms with Gasteiger partial charge < -0.3 is 10.3 Å². The molecule has 0 saturated heterocycles. The van der Waals surface area contributed by atoms with Gasteiger partial charge >= 0.3 is 0 Å². The summed E-state index contributed by atoms with van der Waals surface area (Å²) >= 11 is 0. The van der Waals surface area contributed by atoms with Gasteiger partial charge in [-0.1, -0.05) is 6.07 Å². The van der Waals surface area contributed by atoms with Crippen molar-refractivity contribution in [2.24, 2.45) is 0 Å². The summed E-state index contributed by atoms with van der Waals surface area (Å²) in [5.41, 5.74) is 2.34. The molecule has 3 nitrogen and oxygen atoms in total. The van der Waals surface area contributed by atoms with Gasteiger partial charge in [-0.05, 0) is 30.7 Å². The van der Waals surface area contributed by atoms with Crippen molar-refractivity contribution in [3.8, 4) is 0 Å². The van der Waals surface area contributed by atoms with Crippen molar-refractivity contribution in [1.82, 2.24) is 15.3 Å². The lowest BCUT2D eigenvalue weighted by Crippen LogP contribution is -2.19. The van der Waals surface area contributed by atoms with Gasteiger partial charge in [-0.15, -0.1) is 0 Å². The second-order valence-corrected chi connectivity index (χ2v) is 4.98. The Morgan fingerprint density at radius 3 is 2.95 bits per heavy atom. The Bertz CT molecular complexity index is 767. The van der Waals surface area contributed by atoms with Gasteiger partial charge in [0.15, 0.2) is 0 Å². The van der Waals surface area contributed by atoms with E-state index in [1.807, 2.05) is 25.3 Å². The van der Waals surface area contributed by atoms with Crippen LogP contribution in [-0.2, 0) is 6.54 Å². The second kappa shape index (κ2) is 5.61. The Balaban J connectivity index is 1.75. The normalized spacial score (nSPS) is 12.7. The smallest absolute Gasteiger partial charge is 0.137 e. The fourth-order valence-electron chi connectivity index (χ4n) is 2.38. The minimum absolute atomic E-state index is 0.216. The molecule has 0 spiro atoms. The first kappa shape index (κ1) is 13.7. The zero-order valence-corrected chi connectivity index (χ0v) is 11.5. The van der Waals surface area contributed by atoms with Crippen molar-refractivity contribution in [3.63, 3.8) is 0 Å². The predicted octanol–water partition coefficient (Wildman–Crippen LogP) is 3.69. The summed E-state index contributed by atoms with van der Waals surface area (Å²) in [4.78, 5) is 7.32. The van der Waals surface area contributed by atoms with Crippen molar-refractivity contribution >= 4 is 11.0 Å². The second-order valence-electron chi connectivity index (χ2n) is 4.98. The van der Waals surface area contributed by atoms with E-state index in [4.69, 9.17) is 0 Å². The van der Waals surface area contributed by atoms with E-state index in [2.05, 4.69) is 15.3 Å². The molecule has 0 radical (unpaired) electrons. The Morgan fingerprint density at radius 1 is 1.29 bits per heavy atom. The number of halogens is 2. The zero-order chi connectivity index (χ0) is 14.8. The van der Waals surface area contributed by atoms with Crippen LogP contribution in [0.25, 0.3) is 11.0 Å². The van der Waals surface area contributed by atoms with Crippen molar-refractivity contribution in [2.75, 3.05) is 0 Å². The van der Waals surface area contributed by atoms with Crippen LogP contribution in [0.15, 0.2) is 42.7 Å². The fraction of sp³-hybridized carbons (Fsp3) is 0.188. The minimum Gasteiger partial charge on any atom is -0.346 e.